The summed E-state index contributed by atoms with van der Waals surface area (Å²) in [5, 5.41) is 16.1. The van der Waals surface area contributed by atoms with Crippen LogP contribution in [0.5, 0.6) is 0 Å². The van der Waals surface area contributed by atoms with E-state index in [1.807, 2.05) is 41.8 Å². The molecule has 0 saturated heterocycles. The molecule has 1 fully saturated rings. The summed E-state index contributed by atoms with van der Waals surface area (Å²) in [6.45, 7) is 0. The fourth-order valence-corrected chi connectivity index (χ4v) is 4.83. The van der Waals surface area contributed by atoms with E-state index in [1.54, 1.807) is 11.3 Å². The van der Waals surface area contributed by atoms with Crippen LogP contribution < -0.4 is 5.32 Å². The number of thioether (sulfide) groups is 1. The van der Waals surface area contributed by atoms with E-state index in [1.165, 1.54) is 11.8 Å². The van der Waals surface area contributed by atoms with Gasteiger partial charge in [0.25, 0.3) is 0 Å². The molecule has 1 amide bonds. The van der Waals surface area contributed by atoms with Crippen LogP contribution in [0.15, 0.2) is 46.8 Å². The molecule has 1 aliphatic rings. The number of carbonyl (C=O) groups is 1. The Hall–Kier alpha value is -2.43. The van der Waals surface area contributed by atoms with E-state index >= 15 is 0 Å². The van der Waals surface area contributed by atoms with Gasteiger partial charge in [0, 0.05) is 5.39 Å². The Kier molecular flexibility index (Phi) is 5.10. The number of nitrogens with one attached hydrogen (secondary N) is 1. The predicted molar refractivity (Wildman–Crippen MR) is 109 cm³/mol. The van der Waals surface area contributed by atoms with Crippen molar-refractivity contribution >= 4 is 39.9 Å². The summed E-state index contributed by atoms with van der Waals surface area (Å²) < 4.78 is 0. The van der Waals surface area contributed by atoms with E-state index in [-0.39, 0.29) is 11.7 Å². The molecule has 0 aliphatic heterocycles. The van der Waals surface area contributed by atoms with Crippen LogP contribution in [0, 0.1) is 11.3 Å². The average Bonchev–Trinajstić information content (AvgIpc) is 3.38. The molecular weight excluding hydrogens is 376 g/mol. The zero-order valence-corrected chi connectivity index (χ0v) is 16.3. The molecule has 0 radical (unpaired) electrons. The van der Waals surface area contributed by atoms with Crippen molar-refractivity contribution in [1.82, 2.24) is 15.3 Å². The Balaban J connectivity index is 1.56. The Bertz CT molecular complexity index is 1000. The highest BCUT2D eigenvalue weighted by Crippen LogP contribution is 2.31. The summed E-state index contributed by atoms with van der Waals surface area (Å²) in [5.74, 6) is 0.786. The fourth-order valence-electron chi connectivity index (χ4n) is 3.35. The van der Waals surface area contributed by atoms with Crippen molar-refractivity contribution in [3.63, 3.8) is 0 Å². The third-order valence-electron chi connectivity index (χ3n) is 4.70. The number of carbonyl (C=O) groups excluding carboxylic acids is 1. The molecule has 1 saturated carbocycles. The van der Waals surface area contributed by atoms with Gasteiger partial charge in [0.15, 0.2) is 5.82 Å². The normalized spacial score (nSPS) is 15.5. The smallest absolute Gasteiger partial charge is 0.231 e. The van der Waals surface area contributed by atoms with Crippen LogP contribution in [0.25, 0.3) is 21.6 Å². The lowest BCUT2D eigenvalue weighted by Crippen LogP contribution is -2.45. The first-order chi connectivity index (χ1) is 13.2. The van der Waals surface area contributed by atoms with Crippen LogP contribution in [0.3, 0.4) is 0 Å². The summed E-state index contributed by atoms with van der Waals surface area (Å²) >= 11 is 2.99. The van der Waals surface area contributed by atoms with Gasteiger partial charge < -0.3 is 5.32 Å². The van der Waals surface area contributed by atoms with Crippen LogP contribution in [0.2, 0.25) is 0 Å². The van der Waals surface area contributed by atoms with Gasteiger partial charge in [0.2, 0.25) is 5.91 Å². The molecule has 4 rings (SSSR count). The molecule has 3 aromatic rings. The minimum absolute atomic E-state index is 0.121. The number of nitrogens with zero attached hydrogens (tertiary/aromatic N) is 3. The average molecular weight is 395 g/mol. The number of fused-ring (bicyclic) bond motifs is 1. The molecule has 0 bridgehead atoms. The van der Waals surface area contributed by atoms with Gasteiger partial charge in [0.1, 0.15) is 10.6 Å². The first kappa shape index (κ1) is 18.0. The van der Waals surface area contributed by atoms with Crippen LogP contribution in [-0.4, -0.2) is 27.2 Å². The Morgan fingerprint density at radius 2 is 2.04 bits per heavy atom. The number of benzene rings is 1. The second-order valence-corrected chi connectivity index (χ2v) is 8.50. The highest BCUT2D eigenvalue weighted by molar-refractivity contribution is 8.00. The van der Waals surface area contributed by atoms with Gasteiger partial charge in [-0.2, -0.15) is 5.26 Å². The maximum Gasteiger partial charge on any atom is 0.231 e. The molecule has 2 heterocycles. The van der Waals surface area contributed by atoms with Gasteiger partial charge in [-0.15, -0.1) is 11.3 Å². The molecule has 0 atom stereocenters. The Morgan fingerprint density at radius 1 is 1.22 bits per heavy atom. The van der Waals surface area contributed by atoms with Crippen molar-refractivity contribution in [2.24, 2.45) is 0 Å². The lowest BCUT2D eigenvalue weighted by atomic mass is 10.0. The molecule has 5 nitrogen and oxygen atoms in total. The summed E-state index contributed by atoms with van der Waals surface area (Å²) in [7, 11) is 0. The minimum atomic E-state index is -0.687. The molecule has 7 heteroatoms. The van der Waals surface area contributed by atoms with Gasteiger partial charge >= 0.3 is 0 Å². The maximum absolute atomic E-state index is 12.5. The van der Waals surface area contributed by atoms with Crippen molar-refractivity contribution < 1.29 is 4.79 Å². The zero-order valence-electron chi connectivity index (χ0n) is 14.6. The van der Waals surface area contributed by atoms with Gasteiger partial charge in [-0.05, 0) is 43.2 Å². The summed E-state index contributed by atoms with van der Waals surface area (Å²) in [6, 6.07) is 14.1. The highest BCUT2D eigenvalue weighted by Gasteiger charge is 2.35. The van der Waals surface area contributed by atoms with E-state index in [9.17, 15) is 10.1 Å². The number of rotatable bonds is 5. The lowest BCUT2D eigenvalue weighted by Gasteiger charge is -2.21. The van der Waals surface area contributed by atoms with Gasteiger partial charge in [-0.25, -0.2) is 9.97 Å². The fraction of sp³-hybridized carbons (Fsp3) is 0.300. The van der Waals surface area contributed by atoms with Crippen LogP contribution >= 0.6 is 23.1 Å². The van der Waals surface area contributed by atoms with Gasteiger partial charge in [0.05, 0.1) is 22.2 Å². The Morgan fingerprint density at radius 3 is 2.78 bits per heavy atom. The molecule has 0 spiro atoms. The van der Waals surface area contributed by atoms with Crippen molar-refractivity contribution in [1.29, 1.82) is 5.26 Å². The summed E-state index contributed by atoms with van der Waals surface area (Å²) in [4.78, 5) is 22.8. The number of nitriles is 1. The number of hydrogen-bond donors (Lipinski definition) is 1. The molecular formula is C20H18N4OS2. The number of amides is 1. The highest BCUT2D eigenvalue weighted by atomic mass is 32.2. The second kappa shape index (κ2) is 7.67. The van der Waals surface area contributed by atoms with E-state index in [4.69, 9.17) is 4.98 Å². The topological polar surface area (TPSA) is 78.7 Å². The first-order valence-corrected chi connectivity index (χ1v) is 10.7. The molecule has 136 valence electrons. The van der Waals surface area contributed by atoms with Gasteiger partial charge in [-0.1, -0.05) is 36.0 Å². The first-order valence-electron chi connectivity index (χ1n) is 8.85. The molecule has 1 aliphatic carbocycles. The number of para-hydroxylation sites is 1. The quantitative estimate of drug-likeness (QED) is 0.512. The molecule has 0 unspecified atom stereocenters. The van der Waals surface area contributed by atoms with E-state index < -0.39 is 5.54 Å². The molecule has 1 aromatic carbocycles. The second-order valence-electron chi connectivity index (χ2n) is 6.58. The van der Waals surface area contributed by atoms with Crippen molar-refractivity contribution in [2.45, 2.75) is 36.2 Å². The van der Waals surface area contributed by atoms with E-state index in [2.05, 4.69) is 16.4 Å². The molecule has 2 aromatic heterocycles. The van der Waals surface area contributed by atoms with Crippen LogP contribution in [0.1, 0.15) is 25.7 Å². The number of thiophene rings is 1. The van der Waals surface area contributed by atoms with E-state index in [0.717, 1.165) is 46.5 Å². The minimum Gasteiger partial charge on any atom is -0.337 e. The monoisotopic (exact) mass is 394 g/mol. The maximum atomic E-state index is 12.5. The molecule has 1 N–H and O–H groups in total. The SMILES string of the molecule is N#CC1(NC(=O)CSc2nc(-c3cccs3)nc3ccccc23)CCCC1. The lowest BCUT2D eigenvalue weighted by molar-refractivity contribution is -0.119. The number of aromatic nitrogens is 2. The van der Waals surface area contributed by atoms with Crippen LogP contribution in [0.4, 0.5) is 0 Å². The van der Waals surface area contributed by atoms with E-state index in [0.29, 0.717) is 5.82 Å². The Labute approximate surface area is 165 Å². The molecule has 27 heavy (non-hydrogen) atoms. The zero-order chi connectivity index (χ0) is 18.7. The third kappa shape index (κ3) is 3.82. The summed E-state index contributed by atoms with van der Waals surface area (Å²) in [5.41, 5.74) is 0.177. The van der Waals surface area contributed by atoms with Crippen molar-refractivity contribution in [3.05, 3.63) is 41.8 Å². The van der Waals surface area contributed by atoms with Crippen molar-refractivity contribution in [3.8, 4) is 16.8 Å². The predicted octanol–water partition coefficient (Wildman–Crippen LogP) is 4.40. The number of hydrogen-bond acceptors (Lipinski definition) is 6. The van der Waals surface area contributed by atoms with Crippen molar-refractivity contribution in [2.75, 3.05) is 5.75 Å². The van der Waals surface area contributed by atoms with Gasteiger partial charge in [-0.3, -0.25) is 4.79 Å². The largest absolute Gasteiger partial charge is 0.337 e. The van der Waals surface area contributed by atoms with Crippen LogP contribution in [-0.2, 0) is 4.79 Å². The standard InChI is InChI=1S/C20H18N4OS2/c21-13-20(9-3-4-10-20)24-17(25)12-27-19-14-6-1-2-7-15(14)22-18(23-19)16-8-5-11-26-16/h1-2,5-8,11H,3-4,9-10,12H2,(H,24,25). The summed E-state index contributed by atoms with van der Waals surface area (Å²) in [6.07, 6.45) is 3.45. The third-order valence-corrected chi connectivity index (χ3v) is 6.56.